The number of aromatic nitrogens is 1. The molecule has 0 saturated heterocycles. The molecule has 2 atom stereocenters. The summed E-state index contributed by atoms with van der Waals surface area (Å²) in [5.74, 6) is -0.00255. The highest BCUT2D eigenvalue weighted by atomic mass is 32.1. The number of nitrogens with one attached hydrogen (secondary N) is 1. The third-order valence-electron chi connectivity index (χ3n) is 2.35. The Hall–Kier alpha value is -0.940. The molecule has 4 nitrogen and oxygen atoms in total. The van der Waals surface area contributed by atoms with Gasteiger partial charge in [0.1, 0.15) is 0 Å². The summed E-state index contributed by atoms with van der Waals surface area (Å²) in [4.78, 5) is 15.8. The van der Waals surface area contributed by atoms with E-state index in [1.807, 2.05) is 6.92 Å². The molecule has 1 aromatic heterocycles. The molecule has 1 aromatic rings. The topological polar surface area (TPSA) is 62.2 Å². The summed E-state index contributed by atoms with van der Waals surface area (Å²) in [5.41, 5.74) is 0.600. The first-order chi connectivity index (χ1) is 7.54. The van der Waals surface area contributed by atoms with E-state index in [4.69, 9.17) is 0 Å². The minimum atomic E-state index is -0.588. The van der Waals surface area contributed by atoms with Crippen LogP contribution in [0.3, 0.4) is 0 Å². The van der Waals surface area contributed by atoms with Crippen LogP contribution in [-0.4, -0.2) is 16.0 Å². The molecule has 0 aliphatic rings. The number of aliphatic hydroxyl groups is 1. The number of hydrogen-bond donors (Lipinski definition) is 2. The first kappa shape index (κ1) is 13.1. The second kappa shape index (κ2) is 5.96. The zero-order valence-electron chi connectivity index (χ0n) is 9.86. The lowest BCUT2D eigenvalue weighted by atomic mass is 10.1. The lowest BCUT2D eigenvalue weighted by molar-refractivity contribution is -0.119. The van der Waals surface area contributed by atoms with E-state index in [0.717, 1.165) is 12.8 Å². The van der Waals surface area contributed by atoms with E-state index in [1.54, 1.807) is 12.3 Å². The van der Waals surface area contributed by atoms with E-state index in [1.165, 1.54) is 11.3 Å². The van der Waals surface area contributed by atoms with Crippen molar-refractivity contribution in [3.8, 4) is 0 Å². The van der Waals surface area contributed by atoms with Crippen molar-refractivity contribution < 1.29 is 9.90 Å². The van der Waals surface area contributed by atoms with Gasteiger partial charge < -0.3 is 10.4 Å². The van der Waals surface area contributed by atoms with Gasteiger partial charge in [-0.2, -0.15) is 0 Å². The Morgan fingerprint density at radius 2 is 2.31 bits per heavy atom. The highest BCUT2D eigenvalue weighted by Gasteiger charge is 2.14. The second-order valence-corrected chi connectivity index (χ2v) is 4.79. The van der Waals surface area contributed by atoms with Crippen LogP contribution in [-0.2, 0) is 4.79 Å². The predicted octanol–water partition coefficient (Wildman–Crippen LogP) is 2.57. The second-order valence-electron chi connectivity index (χ2n) is 3.93. The van der Waals surface area contributed by atoms with Gasteiger partial charge in [0.15, 0.2) is 5.13 Å². The van der Waals surface area contributed by atoms with Gasteiger partial charge in [0, 0.05) is 11.3 Å². The standard InChI is InChI=1S/C11H18N2O2S/c1-4-5-7(2)10(15)13-11-12-9(6-16-11)8(3)14/h6-8,14H,4-5H2,1-3H3,(H,12,13,15). The summed E-state index contributed by atoms with van der Waals surface area (Å²) in [7, 11) is 0. The fourth-order valence-corrected chi connectivity index (χ4v) is 2.13. The van der Waals surface area contributed by atoms with Gasteiger partial charge in [0.25, 0.3) is 0 Å². The monoisotopic (exact) mass is 242 g/mol. The fourth-order valence-electron chi connectivity index (χ4n) is 1.33. The zero-order chi connectivity index (χ0) is 12.1. The fraction of sp³-hybridized carbons (Fsp3) is 0.636. The average molecular weight is 242 g/mol. The van der Waals surface area contributed by atoms with Crippen LogP contribution in [0.4, 0.5) is 5.13 Å². The maximum atomic E-state index is 11.7. The van der Waals surface area contributed by atoms with Crippen LogP contribution in [0.25, 0.3) is 0 Å². The van der Waals surface area contributed by atoms with Crippen molar-refractivity contribution in [3.63, 3.8) is 0 Å². The van der Waals surface area contributed by atoms with E-state index >= 15 is 0 Å². The molecule has 2 unspecified atom stereocenters. The molecule has 0 bridgehead atoms. The van der Waals surface area contributed by atoms with Crippen LogP contribution < -0.4 is 5.32 Å². The van der Waals surface area contributed by atoms with Crippen molar-refractivity contribution in [1.82, 2.24) is 4.98 Å². The number of anilines is 1. The van der Waals surface area contributed by atoms with Crippen molar-refractivity contribution in [2.24, 2.45) is 5.92 Å². The van der Waals surface area contributed by atoms with Gasteiger partial charge in [0.2, 0.25) is 5.91 Å². The van der Waals surface area contributed by atoms with Crippen molar-refractivity contribution in [2.45, 2.75) is 39.7 Å². The normalized spacial score (nSPS) is 14.5. The maximum absolute atomic E-state index is 11.7. The Morgan fingerprint density at radius 3 is 2.81 bits per heavy atom. The summed E-state index contributed by atoms with van der Waals surface area (Å²) in [6.07, 6.45) is 1.28. The van der Waals surface area contributed by atoms with Gasteiger partial charge in [-0.05, 0) is 13.3 Å². The average Bonchev–Trinajstić information content (AvgIpc) is 2.66. The molecule has 1 rings (SSSR count). The first-order valence-electron chi connectivity index (χ1n) is 5.49. The van der Waals surface area contributed by atoms with Gasteiger partial charge in [-0.15, -0.1) is 11.3 Å². The summed E-state index contributed by atoms with van der Waals surface area (Å²) in [5, 5.41) is 14.4. The number of nitrogens with zero attached hydrogens (tertiary/aromatic N) is 1. The van der Waals surface area contributed by atoms with E-state index < -0.39 is 6.10 Å². The van der Waals surface area contributed by atoms with Gasteiger partial charge in [-0.3, -0.25) is 4.79 Å². The van der Waals surface area contributed by atoms with Gasteiger partial charge >= 0.3 is 0 Å². The Morgan fingerprint density at radius 1 is 1.62 bits per heavy atom. The third kappa shape index (κ3) is 3.57. The molecule has 2 N–H and O–H groups in total. The molecular weight excluding hydrogens is 224 g/mol. The molecule has 0 spiro atoms. The number of thiazole rings is 1. The predicted molar refractivity (Wildman–Crippen MR) is 65.4 cm³/mol. The molecule has 1 heterocycles. The van der Waals surface area contributed by atoms with Gasteiger partial charge in [0.05, 0.1) is 11.8 Å². The van der Waals surface area contributed by atoms with Crippen molar-refractivity contribution in [3.05, 3.63) is 11.1 Å². The number of carbonyl (C=O) groups is 1. The van der Waals surface area contributed by atoms with Gasteiger partial charge in [-0.25, -0.2) is 4.98 Å². The quantitative estimate of drug-likeness (QED) is 0.834. The number of carbonyl (C=O) groups excluding carboxylic acids is 1. The summed E-state index contributed by atoms with van der Waals surface area (Å²) in [6.45, 7) is 5.61. The largest absolute Gasteiger partial charge is 0.387 e. The van der Waals surface area contributed by atoms with E-state index in [9.17, 15) is 9.90 Å². The minimum absolute atomic E-state index is 0.00361. The lowest BCUT2D eigenvalue weighted by Gasteiger charge is -2.08. The van der Waals surface area contributed by atoms with E-state index in [0.29, 0.717) is 10.8 Å². The molecule has 0 aliphatic carbocycles. The third-order valence-corrected chi connectivity index (χ3v) is 3.13. The number of hydrogen-bond acceptors (Lipinski definition) is 4. The summed E-state index contributed by atoms with van der Waals surface area (Å²) < 4.78 is 0. The molecule has 5 heteroatoms. The molecule has 0 fully saturated rings. The van der Waals surface area contributed by atoms with Crippen LogP contribution in [0.1, 0.15) is 45.4 Å². The number of rotatable bonds is 5. The Balaban J connectivity index is 2.56. The molecule has 90 valence electrons. The summed E-state index contributed by atoms with van der Waals surface area (Å²) >= 11 is 1.34. The van der Waals surface area contributed by atoms with Crippen molar-refractivity contribution in [2.75, 3.05) is 5.32 Å². The first-order valence-corrected chi connectivity index (χ1v) is 6.37. The minimum Gasteiger partial charge on any atom is -0.387 e. The molecule has 1 amide bonds. The van der Waals surface area contributed by atoms with Crippen LogP contribution in [0, 0.1) is 5.92 Å². The Bertz CT molecular complexity index is 350. The van der Waals surface area contributed by atoms with Crippen LogP contribution in [0.15, 0.2) is 5.38 Å². The highest BCUT2D eigenvalue weighted by molar-refractivity contribution is 7.13. The Labute approximate surface area is 99.7 Å². The van der Waals surface area contributed by atoms with E-state index in [2.05, 4.69) is 17.2 Å². The zero-order valence-corrected chi connectivity index (χ0v) is 10.7. The maximum Gasteiger partial charge on any atom is 0.228 e. The Kier molecular flexibility index (Phi) is 4.89. The molecule has 16 heavy (non-hydrogen) atoms. The van der Waals surface area contributed by atoms with Crippen molar-refractivity contribution >= 4 is 22.4 Å². The molecule has 0 aromatic carbocycles. The van der Waals surface area contributed by atoms with Crippen LogP contribution >= 0.6 is 11.3 Å². The highest BCUT2D eigenvalue weighted by Crippen LogP contribution is 2.21. The molecule has 0 saturated carbocycles. The molecule has 0 aliphatic heterocycles. The lowest BCUT2D eigenvalue weighted by Crippen LogP contribution is -2.20. The SMILES string of the molecule is CCCC(C)C(=O)Nc1nc(C(C)O)cs1. The van der Waals surface area contributed by atoms with E-state index in [-0.39, 0.29) is 11.8 Å². The summed E-state index contributed by atoms with van der Waals surface area (Å²) in [6, 6.07) is 0. The number of amides is 1. The molecular formula is C11H18N2O2S. The number of aliphatic hydroxyl groups excluding tert-OH is 1. The smallest absolute Gasteiger partial charge is 0.228 e. The van der Waals surface area contributed by atoms with Crippen LogP contribution in [0.2, 0.25) is 0 Å². The molecule has 0 radical (unpaired) electrons. The van der Waals surface area contributed by atoms with Crippen LogP contribution in [0.5, 0.6) is 0 Å². The van der Waals surface area contributed by atoms with Gasteiger partial charge in [-0.1, -0.05) is 20.3 Å². The van der Waals surface area contributed by atoms with Crippen molar-refractivity contribution in [1.29, 1.82) is 0 Å².